The van der Waals surface area contributed by atoms with Gasteiger partial charge in [-0.3, -0.25) is 0 Å². The van der Waals surface area contributed by atoms with Crippen LogP contribution in [0.15, 0.2) is 55.2 Å². The van der Waals surface area contributed by atoms with Crippen molar-refractivity contribution in [3.8, 4) is 5.69 Å². The largest absolute Gasteiger partial charge is 0.394 e. The molecule has 8 heteroatoms. The second-order valence-corrected chi connectivity index (χ2v) is 5.86. The fourth-order valence-corrected chi connectivity index (χ4v) is 2.83. The maximum atomic E-state index is 9.09. The third kappa shape index (κ3) is 3.27. The highest BCUT2D eigenvalue weighted by molar-refractivity contribution is 5.86. The van der Waals surface area contributed by atoms with Crippen molar-refractivity contribution < 1.29 is 5.11 Å². The summed E-state index contributed by atoms with van der Waals surface area (Å²) in [7, 11) is 0. The van der Waals surface area contributed by atoms with Crippen LogP contribution in [0.25, 0.3) is 16.7 Å². The van der Waals surface area contributed by atoms with Crippen molar-refractivity contribution in [1.82, 2.24) is 29.5 Å². The number of aliphatic hydroxyl groups excluding tert-OH is 1. The van der Waals surface area contributed by atoms with Gasteiger partial charge in [0.2, 0.25) is 0 Å². The number of aromatic nitrogens is 6. The number of para-hydroxylation sites is 1. The highest BCUT2D eigenvalue weighted by Gasteiger charge is 2.09. The number of nitrogens with one attached hydrogen (secondary N) is 1. The zero-order chi connectivity index (χ0) is 17.8. The van der Waals surface area contributed by atoms with Crippen molar-refractivity contribution in [3.63, 3.8) is 0 Å². The number of nitrogens with zero attached hydrogens (tertiary/aromatic N) is 6. The Labute approximate surface area is 150 Å². The molecule has 2 N–H and O–H groups in total. The minimum Gasteiger partial charge on any atom is -0.394 e. The lowest BCUT2D eigenvalue weighted by Crippen LogP contribution is -2.08. The van der Waals surface area contributed by atoms with Gasteiger partial charge in [-0.1, -0.05) is 18.2 Å². The van der Waals surface area contributed by atoms with Crippen molar-refractivity contribution in [3.05, 3.63) is 60.8 Å². The van der Waals surface area contributed by atoms with Crippen LogP contribution in [0.4, 0.5) is 5.82 Å². The van der Waals surface area contributed by atoms with Crippen molar-refractivity contribution in [2.24, 2.45) is 0 Å². The monoisotopic (exact) mass is 349 g/mol. The van der Waals surface area contributed by atoms with Crippen LogP contribution < -0.4 is 5.32 Å². The van der Waals surface area contributed by atoms with Gasteiger partial charge in [-0.15, -0.1) is 0 Å². The highest BCUT2D eigenvalue weighted by Crippen LogP contribution is 2.18. The molecule has 0 aliphatic rings. The predicted octanol–water partition coefficient (Wildman–Crippen LogP) is 1.66. The van der Waals surface area contributed by atoms with Crippen LogP contribution in [0.3, 0.4) is 0 Å². The average Bonchev–Trinajstić information content (AvgIpc) is 3.31. The molecule has 0 saturated carbocycles. The summed E-state index contributed by atoms with van der Waals surface area (Å²) >= 11 is 0. The van der Waals surface area contributed by atoms with Crippen LogP contribution in [0.2, 0.25) is 0 Å². The third-order valence-corrected chi connectivity index (χ3v) is 4.11. The van der Waals surface area contributed by atoms with Crippen LogP contribution in [-0.2, 0) is 13.0 Å². The molecule has 0 atom stereocenters. The third-order valence-electron chi connectivity index (χ3n) is 4.11. The van der Waals surface area contributed by atoms with Crippen LogP contribution in [0.5, 0.6) is 0 Å². The van der Waals surface area contributed by atoms with Crippen molar-refractivity contribution >= 4 is 16.9 Å². The van der Waals surface area contributed by atoms with Crippen molar-refractivity contribution in [1.29, 1.82) is 0 Å². The first-order chi connectivity index (χ1) is 12.8. The Morgan fingerprint density at radius 2 is 1.92 bits per heavy atom. The molecule has 0 amide bonds. The smallest absolute Gasteiger partial charge is 0.163 e. The van der Waals surface area contributed by atoms with Gasteiger partial charge in [0, 0.05) is 12.7 Å². The molecule has 3 heterocycles. The maximum absolute atomic E-state index is 9.09. The molecule has 0 aliphatic carbocycles. The van der Waals surface area contributed by atoms with Gasteiger partial charge >= 0.3 is 0 Å². The fourth-order valence-electron chi connectivity index (χ4n) is 2.83. The second-order valence-electron chi connectivity index (χ2n) is 5.86. The lowest BCUT2D eigenvalue weighted by atomic mass is 10.2. The van der Waals surface area contributed by atoms with E-state index in [-0.39, 0.29) is 6.61 Å². The molecule has 4 rings (SSSR count). The maximum Gasteiger partial charge on any atom is 0.163 e. The summed E-state index contributed by atoms with van der Waals surface area (Å²) in [4.78, 5) is 8.55. The van der Waals surface area contributed by atoms with Gasteiger partial charge in [-0.25, -0.2) is 19.3 Å². The van der Waals surface area contributed by atoms with E-state index in [4.69, 9.17) is 5.11 Å². The predicted molar refractivity (Wildman–Crippen MR) is 98.2 cm³/mol. The molecule has 0 saturated heterocycles. The summed E-state index contributed by atoms with van der Waals surface area (Å²) in [5.41, 5.74) is 2.90. The van der Waals surface area contributed by atoms with Gasteiger partial charge in [0.1, 0.15) is 12.1 Å². The fraction of sp³-hybridized carbons (Fsp3) is 0.222. The van der Waals surface area contributed by atoms with Crippen LogP contribution in [0, 0.1) is 0 Å². The van der Waals surface area contributed by atoms with Crippen LogP contribution >= 0.6 is 0 Å². The lowest BCUT2D eigenvalue weighted by Gasteiger charge is -2.06. The number of hydrogen-bond acceptors (Lipinski definition) is 6. The van der Waals surface area contributed by atoms with Crippen LogP contribution in [0.1, 0.15) is 5.56 Å². The quantitative estimate of drug-likeness (QED) is 0.527. The number of rotatable bonds is 7. The Kier molecular flexibility index (Phi) is 4.57. The normalized spacial score (nSPS) is 11.1. The number of anilines is 1. The number of hydrogen-bond donors (Lipinski definition) is 2. The van der Waals surface area contributed by atoms with E-state index in [2.05, 4.69) is 25.5 Å². The first-order valence-corrected chi connectivity index (χ1v) is 8.45. The second kappa shape index (κ2) is 7.32. The summed E-state index contributed by atoms with van der Waals surface area (Å²) in [5, 5.41) is 21.9. The van der Waals surface area contributed by atoms with Crippen molar-refractivity contribution in [2.75, 3.05) is 18.5 Å². The van der Waals surface area contributed by atoms with Gasteiger partial charge in [-0.2, -0.15) is 10.2 Å². The molecule has 4 aromatic rings. The molecule has 0 aliphatic heterocycles. The van der Waals surface area contributed by atoms with Gasteiger partial charge < -0.3 is 10.4 Å². The first kappa shape index (κ1) is 16.2. The van der Waals surface area contributed by atoms with Gasteiger partial charge in [-0.05, 0) is 24.1 Å². The molecule has 26 heavy (non-hydrogen) atoms. The molecule has 0 radical (unpaired) electrons. The molecule has 8 nitrogen and oxygen atoms in total. The minimum atomic E-state index is 0.0228. The SMILES string of the molecule is OCCn1ncc2c(NCCc3cnn(-c4ccccc4)c3)ncnc21. The topological polar surface area (TPSA) is 93.7 Å². The molecule has 0 fully saturated rings. The average molecular weight is 349 g/mol. The zero-order valence-electron chi connectivity index (χ0n) is 14.2. The summed E-state index contributed by atoms with van der Waals surface area (Å²) in [6.07, 6.45) is 7.97. The molecule has 3 aromatic heterocycles. The zero-order valence-corrected chi connectivity index (χ0v) is 14.2. The first-order valence-electron chi connectivity index (χ1n) is 8.45. The standard InChI is InChI=1S/C18H19N7O/c26-9-8-24-18-16(11-23-24)17(20-13-21-18)19-7-6-14-10-22-25(12-14)15-4-2-1-3-5-15/h1-5,10-13,26H,6-9H2,(H,19,20,21). The van der Waals surface area contributed by atoms with E-state index in [1.54, 1.807) is 10.9 Å². The van der Waals surface area contributed by atoms with E-state index in [1.165, 1.54) is 6.33 Å². The van der Waals surface area contributed by atoms with Gasteiger partial charge in [0.15, 0.2) is 5.65 Å². The molecule has 132 valence electrons. The Hall–Kier alpha value is -3.26. The summed E-state index contributed by atoms with van der Waals surface area (Å²) in [6.45, 7) is 1.16. The van der Waals surface area contributed by atoms with E-state index in [0.29, 0.717) is 12.2 Å². The molecular formula is C18H19N7O. The van der Waals surface area contributed by atoms with Gasteiger partial charge in [0.05, 0.1) is 36.6 Å². The lowest BCUT2D eigenvalue weighted by molar-refractivity contribution is 0.271. The number of benzene rings is 1. The molecular weight excluding hydrogens is 330 g/mol. The number of aliphatic hydroxyl groups is 1. The van der Waals surface area contributed by atoms with E-state index in [9.17, 15) is 0 Å². The Morgan fingerprint density at radius 1 is 1.04 bits per heavy atom. The Balaban J connectivity index is 1.42. The molecule has 1 aromatic carbocycles. The molecule has 0 bridgehead atoms. The Bertz CT molecular complexity index is 993. The van der Waals surface area contributed by atoms with E-state index < -0.39 is 0 Å². The van der Waals surface area contributed by atoms with E-state index >= 15 is 0 Å². The Morgan fingerprint density at radius 3 is 2.77 bits per heavy atom. The van der Waals surface area contributed by atoms with E-state index in [1.807, 2.05) is 47.4 Å². The molecule has 0 spiro atoms. The number of fused-ring (bicyclic) bond motifs is 1. The van der Waals surface area contributed by atoms with Crippen molar-refractivity contribution in [2.45, 2.75) is 13.0 Å². The minimum absolute atomic E-state index is 0.0228. The van der Waals surface area contributed by atoms with Gasteiger partial charge in [0.25, 0.3) is 0 Å². The van der Waals surface area contributed by atoms with Crippen LogP contribution in [-0.4, -0.2) is 47.8 Å². The summed E-state index contributed by atoms with van der Waals surface area (Å²) in [5.74, 6) is 0.745. The summed E-state index contributed by atoms with van der Waals surface area (Å²) < 4.78 is 3.54. The summed E-state index contributed by atoms with van der Waals surface area (Å²) in [6, 6.07) is 10.0. The van der Waals surface area contributed by atoms with E-state index in [0.717, 1.165) is 35.4 Å². The molecule has 0 unspecified atom stereocenters. The highest BCUT2D eigenvalue weighted by atomic mass is 16.3.